The number of nitrogens with one attached hydrogen (secondary N) is 2. The van der Waals surface area contributed by atoms with Gasteiger partial charge in [0, 0.05) is 29.9 Å². The van der Waals surface area contributed by atoms with Crippen LogP contribution in [0.5, 0.6) is 0 Å². The van der Waals surface area contributed by atoms with Gasteiger partial charge in [-0.1, -0.05) is 25.3 Å². The zero-order valence-electron chi connectivity index (χ0n) is 17.8. The van der Waals surface area contributed by atoms with Crippen molar-refractivity contribution in [1.29, 1.82) is 0 Å². The number of carbonyl (C=O) groups is 1. The molecule has 3 aromatic rings. The molecule has 1 amide bonds. The summed E-state index contributed by atoms with van der Waals surface area (Å²) < 4.78 is 2.83. The second kappa shape index (κ2) is 8.61. The van der Waals surface area contributed by atoms with Crippen molar-refractivity contribution in [3.05, 3.63) is 46.3 Å². The first kappa shape index (κ1) is 20.5. The van der Waals surface area contributed by atoms with E-state index in [4.69, 9.17) is 0 Å². The monoisotopic (exact) mass is 481 g/mol. The molecule has 2 aliphatic carbocycles. The largest absolute Gasteiger partial charge is 0.367 e. The normalized spacial score (nSPS) is 17.1. The van der Waals surface area contributed by atoms with E-state index in [0.29, 0.717) is 12.0 Å². The maximum absolute atomic E-state index is 12.5. The SMILES string of the molecule is Cc1cc(-c2cnc3c(NCC4CCCCC4)nc(Br)cn23)ccc1C(=O)NC1CC1. The van der Waals surface area contributed by atoms with Gasteiger partial charge in [0.2, 0.25) is 0 Å². The molecule has 0 atom stereocenters. The summed E-state index contributed by atoms with van der Waals surface area (Å²) in [6.07, 6.45) is 12.6. The van der Waals surface area contributed by atoms with E-state index in [2.05, 4.69) is 47.0 Å². The lowest BCUT2D eigenvalue weighted by atomic mass is 9.89. The van der Waals surface area contributed by atoms with Gasteiger partial charge in [0.25, 0.3) is 5.91 Å². The molecule has 0 saturated heterocycles. The van der Waals surface area contributed by atoms with Crippen LogP contribution in [-0.4, -0.2) is 32.9 Å². The molecule has 2 aliphatic rings. The fourth-order valence-corrected chi connectivity index (χ4v) is 4.87. The number of imidazole rings is 1. The maximum Gasteiger partial charge on any atom is 0.251 e. The minimum Gasteiger partial charge on any atom is -0.367 e. The number of aromatic nitrogens is 3. The fourth-order valence-electron chi connectivity index (χ4n) is 4.49. The summed E-state index contributed by atoms with van der Waals surface area (Å²) >= 11 is 3.56. The first-order valence-electron chi connectivity index (χ1n) is 11.3. The van der Waals surface area contributed by atoms with Crippen LogP contribution in [0.4, 0.5) is 5.82 Å². The molecule has 5 rings (SSSR count). The summed E-state index contributed by atoms with van der Waals surface area (Å²) in [6.45, 7) is 2.92. The Balaban J connectivity index is 1.41. The van der Waals surface area contributed by atoms with Crippen LogP contribution in [0.2, 0.25) is 0 Å². The maximum atomic E-state index is 12.5. The highest BCUT2D eigenvalue weighted by Gasteiger charge is 2.24. The lowest BCUT2D eigenvalue weighted by Crippen LogP contribution is -2.26. The molecular formula is C24H28BrN5O. The predicted octanol–water partition coefficient (Wildman–Crippen LogP) is 5.35. The predicted molar refractivity (Wildman–Crippen MR) is 126 cm³/mol. The third-order valence-corrected chi connectivity index (χ3v) is 6.81. The van der Waals surface area contributed by atoms with Crippen LogP contribution in [-0.2, 0) is 0 Å². The number of hydrogen-bond donors (Lipinski definition) is 2. The van der Waals surface area contributed by atoms with Crippen LogP contribution in [0, 0.1) is 12.8 Å². The van der Waals surface area contributed by atoms with E-state index in [-0.39, 0.29) is 5.91 Å². The van der Waals surface area contributed by atoms with Gasteiger partial charge in [-0.05, 0) is 72.2 Å². The second-order valence-electron chi connectivity index (χ2n) is 8.91. The van der Waals surface area contributed by atoms with Gasteiger partial charge in [-0.15, -0.1) is 0 Å². The molecule has 6 nitrogen and oxygen atoms in total. The van der Waals surface area contributed by atoms with Crippen LogP contribution < -0.4 is 10.6 Å². The van der Waals surface area contributed by atoms with Crippen molar-refractivity contribution in [3.8, 4) is 11.3 Å². The minimum atomic E-state index is 0.0193. The van der Waals surface area contributed by atoms with Crippen molar-refractivity contribution < 1.29 is 4.79 Å². The minimum absolute atomic E-state index is 0.0193. The topological polar surface area (TPSA) is 71.3 Å². The first-order valence-corrected chi connectivity index (χ1v) is 12.1. The zero-order valence-corrected chi connectivity index (χ0v) is 19.4. The third-order valence-electron chi connectivity index (χ3n) is 6.43. The van der Waals surface area contributed by atoms with E-state index in [1.54, 1.807) is 0 Å². The number of benzene rings is 1. The summed E-state index contributed by atoms with van der Waals surface area (Å²) in [4.78, 5) is 21.8. The Kier molecular flexibility index (Phi) is 5.69. The number of rotatable bonds is 6. The van der Waals surface area contributed by atoms with E-state index in [1.165, 1.54) is 32.1 Å². The number of halogens is 1. The van der Waals surface area contributed by atoms with Crippen LogP contribution in [0.15, 0.2) is 35.2 Å². The Bertz CT molecular complexity index is 1110. The van der Waals surface area contributed by atoms with Gasteiger partial charge in [-0.2, -0.15) is 0 Å². The number of carbonyl (C=O) groups excluding carboxylic acids is 1. The van der Waals surface area contributed by atoms with Crippen LogP contribution in [0.1, 0.15) is 60.9 Å². The summed E-state index contributed by atoms with van der Waals surface area (Å²) in [7, 11) is 0. The van der Waals surface area contributed by atoms with Gasteiger partial charge >= 0.3 is 0 Å². The molecule has 1 aromatic carbocycles. The average Bonchev–Trinajstić information content (AvgIpc) is 3.48. The van der Waals surface area contributed by atoms with Gasteiger partial charge < -0.3 is 10.6 Å². The number of aryl methyl sites for hydroxylation is 1. The van der Waals surface area contributed by atoms with Crippen molar-refractivity contribution in [2.75, 3.05) is 11.9 Å². The van der Waals surface area contributed by atoms with E-state index in [1.807, 2.05) is 31.5 Å². The summed E-state index contributed by atoms with van der Waals surface area (Å²) in [5.41, 5.74) is 4.54. The molecule has 0 bridgehead atoms. The lowest BCUT2D eigenvalue weighted by Gasteiger charge is -2.22. The first-order chi connectivity index (χ1) is 15.1. The Morgan fingerprint density at radius 1 is 1.19 bits per heavy atom. The van der Waals surface area contributed by atoms with Crippen molar-refractivity contribution >= 4 is 33.3 Å². The number of nitrogens with zero attached hydrogens (tertiary/aromatic N) is 3. The quantitative estimate of drug-likeness (QED) is 0.497. The Labute approximate surface area is 191 Å². The van der Waals surface area contributed by atoms with Gasteiger partial charge in [-0.25, -0.2) is 9.97 Å². The van der Waals surface area contributed by atoms with Crippen LogP contribution in [0.25, 0.3) is 16.9 Å². The standard InChI is InChI=1S/C24H28BrN5O/c1-15-11-17(7-10-19(15)24(31)28-18-8-9-18)20-13-27-23-22(29-21(25)14-30(20)23)26-12-16-5-3-2-4-6-16/h7,10-11,13-14,16,18H,2-6,8-9,12H2,1H3,(H,26,29)(H,28,31). The molecule has 2 fully saturated rings. The number of fused-ring (bicyclic) bond motifs is 1. The molecule has 0 unspecified atom stereocenters. The molecule has 0 aliphatic heterocycles. The number of hydrogen-bond acceptors (Lipinski definition) is 4. The van der Waals surface area contributed by atoms with Crippen molar-refractivity contribution in [2.45, 2.75) is 57.9 Å². The molecule has 31 heavy (non-hydrogen) atoms. The fraction of sp³-hybridized carbons (Fsp3) is 0.458. The molecule has 0 spiro atoms. The molecule has 0 radical (unpaired) electrons. The van der Waals surface area contributed by atoms with E-state index >= 15 is 0 Å². The van der Waals surface area contributed by atoms with Crippen molar-refractivity contribution in [2.24, 2.45) is 5.92 Å². The highest BCUT2D eigenvalue weighted by Crippen LogP contribution is 2.29. The van der Waals surface area contributed by atoms with E-state index < -0.39 is 0 Å². The van der Waals surface area contributed by atoms with Crippen LogP contribution in [0.3, 0.4) is 0 Å². The summed E-state index contributed by atoms with van der Waals surface area (Å²) in [5, 5.41) is 6.62. The molecule has 7 heteroatoms. The Morgan fingerprint density at radius 3 is 2.74 bits per heavy atom. The van der Waals surface area contributed by atoms with Gasteiger partial charge in [0.05, 0.1) is 11.9 Å². The smallest absolute Gasteiger partial charge is 0.251 e. The summed E-state index contributed by atoms with van der Waals surface area (Å²) in [5.74, 6) is 1.54. The van der Waals surface area contributed by atoms with Gasteiger partial charge in [-0.3, -0.25) is 9.20 Å². The molecule has 2 saturated carbocycles. The third kappa shape index (κ3) is 4.47. The lowest BCUT2D eigenvalue weighted by molar-refractivity contribution is 0.0950. The van der Waals surface area contributed by atoms with E-state index in [0.717, 1.165) is 57.8 Å². The molecule has 2 aromatic heterocycles. The summed E-state index contributed by atoms with van der Waals surface area (Å²) in [6, 6.07) is 6.34. The van der Waals surface area contributed by atoms with Crippen LogP contribution >= 0.6 is 15.9 Å². The molecule has 2 N–H and O–H groups in total. The second-order valence-corrected chi connectivity index (χ2v) is 9.72. The average molecular weight is 482 g/mol. The molecule has 2 heterocycles. The zero-order chi connectivity index (χ0) is 21.4. The van der Waals surface area contributed by atoms with Gasteiger partial charge in [0.1, 0.15) is 4.60 Å². The van der Waals surface area contributed by atoms with E-state index in [9.17, 15) is 4.79 Å². The van der Waals surface area contributed by atoms with Crippen molar-refractivity contribution in [3.63, 3.8) is 0 Å². The highest BCUT2D eigenvalue weighted by atomic mass is 79.9. The Hall–Kier alpha value is -2.41. The molecular weight excluding hydrogens is 454 g/mol. The van der Waals surface area contributed by atoms with Gasteiger partial charge in [0.15, 0.2) is 11.5 Å². The Morgan fingerprint density at radius 2 is 2.00 bits per heavy atom. The number of anilines is 1. The van der Waals surface area contributed by atoms with Crippen molar-refractivity contribution in [1.82, 2.24) is 19.7 Å². The molecule has 162 valence electrons. The number of amides is 1. The highest BCUT2D eigenvalue weighted by molar-refractivity contribution is 9.10.